The molecule has 0 bridgehead atoms. The van der Waals surface area contributed by atoms with Crippen molar-refractivity contribution in [3.63, 3.8) is 0 Å². The molecule has 1 fully saturated rings. The summed E-state index contributed by atoms with van der Waals surface area (Å²) in [7, 11) is 0. The maximum atomic E-state index is 12.9. The third-order valence-electron chi connectivity index (χ3n) is 5.34. The molecule has 1 aliphatic carbocycles. The molecule has 0 aromatic heterocycles. The first kappa shape index (κ1) is 20.2. The number of halogens is 3. The summed E-state index contributed by atoms with van der Waals surface area (Å²) < 4.78 is 38.5. The van der Waals surface area contributed by atoms with Crippen LogP contribution in [0.4, 0.5) is 13.2 Å². The van der Waals surface area contributed by atoms with Gasteiger partial charge >= 0.3 is 6.18 Å². The highest BCUT2D eigenvalue weighted by atomic mass is 19.4. The van der Waals surface area contributed by atoms with Gasteiger partial charge in [0.05, 0.1) is 5.56 Å². The standard InChI is InChI=1S/C21H23F3N2O2/c1-14-3-2-4-18(20(28)25-17-9-11-26(13-27)12-10-17)19(14)15-5-7-16(8-6-15)21(22,23)24/h2,4-8,13-14,17H,3,9-12H2,1H3,(H,25,28). The van der Waals surface area contributed by atoms with Crippen LogP contribution in [0, 0.1) is 5.92 Å². The first-order chi connectivity index (χ1) is 13.3. The molecule has 1 N–H and O–H groups in total. The van der Waals surface area contributed by atoms with Gasteiger partial charge in [-0.15, -0.1) is 0 Å². The molecule has 3 rings (SSSR count). The highest BCUT2D eigenvalue weighted by Gasteiger charge is 2.31. The molecule has 0 saturated carbocycles. The van der Waals surface area contributed by atoms with Crippen molar-refractivity contribution in [2.24, 2.45) is 5.92 Å². The van der Waals surface area contributed by atoms with E-state index in [9.17, 15) is 22.8 Å². The van der Waals surface area contributed by atoms with Gasteiger partial charge < -0.3 is 10.2 Å². The van der Waals surface area contributed by atoms with Crippen LogP contribution in [-0.2, 0) is 15.8 Å². The summed E-state index contributed by atoms with van der Waals surface area (Å²) in [6, 6.07) is 4.96. The normalized spacial score (nSPS) is 21.0. The Morgan fingerprint density at radius 1 is 1.18 bits per heavy atom. The number of piperidine rings is 1. The fourth-order valence-corrected chi connectivity index (χ4v) is 3.75. The molecular formula is C21H23F3N2O2. The molecule has 1 aromatic rings. The van der Waals surface area contributed by atoms with Crippen LogP contribution < -0.4 is 5.32 Å². The number of allylic oxidation sites excluding steroid dienone is 2. The fraction of sp³-hybridized carbons (Fsp3) is 0.429. The zero-order valence-electron chi connectivity index (χ0n) is 15.6. The monoisotopic (exact) mass is 392 g/mol. The second kappa shape index (κ2) is 8.20. The minimum Gasteiger partial charge on any atom is -0.349 e. The highest BCUT2D eigenvalue weighted by molar-refractivity contribution is 6.04. The van der Waals surface area contributed by atoms with E-state index in [0.29, 0.717) is 37.1 Å². The van der Waals surface area contributed by atoms with Crippen molar-refractivity contribution in [2.75, 3.05) is 13.1 Å². The van der Waals surface area contributed by atoms with Gasteiger partial charge in [-0.3, -0.25) is 9.59 Å². The van der Waals surface area contributed by atoms with E-state index in [-0.39, 0.29) is 17.9 Å². The van der Waals surface area contributed by atoms with Crippen molar-refractivity contribution >= 4 is 17.9 Å². The first-order valence-corrected chi connectivity index (χ1v) is 9.38. The number of carbonyl (C=O) groups is 2. The number of amides is 2. The van der Waals surface area contributed by atoms with Gasteiger partial charge in [0.15, 0.2) is 0 Å². The summed E-state index contributed by atoms with van der Waals surface area (Å²) in [6.45, 7) is 3.17. The lowest BCUT2D eigenvalue weighted by molar-refractivity contribution is -0.137. The molecule has 1 aliphatic heterocycles. The molecule has 0 radical (unpaired) electrons. The summed E-state index contributed by atoms with van der Waals surface area (Å²) in [5, 5.41) is 3.02. The van der Waals surface area contributed by atoms with E-state index in [1.165, 1.54) is 12.1 Å². The zero-order valence-corrected chi connectivity index (χ0v) is 15.6. The van der Waals surface area contributed by atoms with Gasteiger partial charge in [0, 0.05) is 24.7 Å². The predicted octanol–water partition coefficient (Wildman–Crippen LogP) is 3.79. The number of likely N-dealkylation sites (tertiary alicyclic amines) is 1. The average Bonchev–Trinajstić information content (AvgIpc) is 2.68. The van der Waals surface area contributed by atoms with Gasteiger partial charge in [0.25, 0.3) is 5.91 Å². The van der Waals surface area contributed by atoms with Crippen LogP contribution in [-0.4, -0.2) is 36.3 Å². The van der Waals surface area contributed by atoms with E-state index in [1.54, 1.807) is 11.0 Å². The molecule has 0 spiro atoms. The summed E-state index contributed by atoms with van der Waals surface area (Å²) in [5.74, 6) is -0.193. The molecule has 1 saturated heterocycles. The van der Waals surface area contributed by atoms with Crippen LogP contribution in [0.25, 0.3) is 5.57 Å². The summed E-state index contributed by atoms with van der Waals surface area (Å²) in [4.78, 5) is 25.4. The van der Waals surface area contributed by atoms with Gasteiger partial charge in [-0.2, -0.15) is 13.2 Å². The predicted molar refractivity (Wildman–Crippen MR) is 100 cm³/mol. The van der Waals surface area contributed by atoms with E-state index in [1.807, 2.05) is 13.0 Å². The number of alkyl halides is 3. The Hall–Kier alpha value is -2.57. The molecular weight excluding hydrogens is 369 g/mol. The molecule has 28 heavy (non-hydrogen) atoms. The Kier molecular flexibility index (Phi) is 5.91. The number of rotatable bonds is 4. The maximum Gasteiger partial charge on any atom is 0.416 e. The SMILES string of the molecule is CC1CC=CC(C(=O)NC2CCN(C=O)CC2)=C1c1ccc(C(F)(F)F)cc1. The Bertz CT molecular complexity index is 789. The maximum absolute atomic E-state index is 12.9. The second-order valence-corrected chi connectivity index (χ2v) is 7.33. The smallest absolute Gasteiger partial charge is 0.349 e. The molecule has 150 valence electrons. The van der Waals surface area contributed by atoms with Crippen molar-refractivity contribution < 1.29 is 22.8 Å². The minimum absolute atomic E-state index is 0.0179. The van der Waals surface area contributed by atoms with Crippen molar-refractivity contribution in [3.05, 3.63) is 53.1 Å². The molecule has 1 aromatic carbocycles. The first-order valence-electron chi connectivity index (χ1n) is 9.38. The largest absolute Gasteiger partial charge is 0.416 e. The third kappa shape index (κ3) is 4.46. The summed E-state index contributed by atoms with van der Waals surface area (Å²) in [5.41, 5.74) is 1.19. The number of benzene rings is 1. The topological polar surface area (TPSA) is 49.4 Å². The molecule has 7 heteroatoms. The van der Waals surface area contributed by atoms with E-state index in [2.05, 4.69) is 5.32 Å². The Morgan fingerprint density at radius 2 is 1.82 bits per heavy atom. The van der Waals surface area contributed by atoms with Crippen LogP contribution in [0.1, 0.15) is 37.3 Å². The quantitative estimate of drug-likeness (QED) is 0.793. The van der Waals surface area contributed by atoms with Crippen molar-refractivity contribution in [3.8, 4) is 0 Å². The summed E-state index contributed by atoms with van der Waals surface area (Å²) >= 11 is 0. The van der Waals surface area contributed by atoms with Gasteiger partial charge in [-0.1, -0.05) is 31.2 Å². The Labute approximate surface area is 162 Å². The summed E-state index contributed by atoms with van der Waals surface area (Å²) in [6.07, 6.45) is 2.20. The van der Waals surface area contributed by atoms with Crippen molar-refractivity contribution in [1.29, 1.82) is 0 Å². The van der Waals surface area contributed by atoms with Gasteiger partial charge in [0.2, 0.25) is 6.41 Å². The molecule has 1 unspecified atom stereocenters. The molecule has 1 atom stereocenters. The molecule has 1 heterocycles. The number of nitrogens with zero attached hydrogens (tertiary/aromatic N) is 1. The number of nitrogens with one attached hydrogen (secondary N) is 1. The van der Waals surface area contributed by atoms with Crippen LogP contribution in [0.2, 0.25) is 0 Å². The highest BCUT2D eigenvalue weighted by Crippen LogP contribution is 2.36. The Morgan fingerprint density at radius 3 is 2.39 bits per heavy atom. The lowest BCUT2D eigenvalue weighted by Gasteiger charge is -2.30. The minimum atomic E-state index is -4.39. The van der Waals surface area contributed by atoms with E-state index in [4.69, 9.17) is 0 Å². The second-order valence-electron chi connectivity index (χ2n) is 7.33. The van der Waals surface area contributed by atoms with Gasteiger partial charge in [-0.25, -0.2) is 0 Å². The zero-order chi connectivity index (χ0) is 20.3. The van der Waals surface area contributed by atoms with E-state index < -0.39 is 11.7 Å². The average molecular weight is 392 g/mol. The molecule has 2 aliphatic rings. The molecule has 2 amide bonds. The van der Waals surface area contributed by atoms with Crippen LogP contribution in [0.5, 0.6) is 0 Å². The fourth-order valence-electron chi connectivity index (χ4n) is 3.75. The van der Waals surface area contributed by atoms with E-state index >= 15 is 0 Å². The van der Waals surface area contributed by atoms with E-state index in [0.717, 1.165) is 30.5 Å². The van der Waals surface area contributed by atoms with Crippen molar-refractivity contribution in [1.82, 2.24) is 10.2 Å². The number of hydrogen-bond acceptors (Lipinski definition) is 2. The van der Waals surface area contributed by atoms with Crippen molar-refractivity contribution in [2.45, 2.75) is 38.4 Å². The van der Waals surface area contributed by atoms with Crippen LogP contribution in [0.3, 0.4) is 0 Å². The lowest BCUT2D eigenvalue weighted by Crippen LogP contribution is -2.44. The molecule has 4 nitrogen and oxygen atoms in total. The lowest BCUT2D eigenvalue weighted by atomic mass is 9.83. The van der Waals surface area contributed by atoms with Gasteiger partial charge in [-0.05, 0) is 48.4 Å². The number of carbonyl (C=O) groups excluding carboxylic acids is 2. The van der Waals surface area contributed by atoms with Crippen LogP contribution >= 0.6 is 0 Å². The van der Waals surface area contributed by atoms with Crippen LogP contribution in [0.15, 0.2) is 42.0 Å². The van der Waals surface area contributed by atoms with Gasteiger partial charge in [0.1, 0.15) is 0 Å². The Balaban J connectivity index is 1.82. The number of hydrogen-bond donors (Lipinski definition) is 1. The third-order valence-corrected chi connectivity index (χ3v) is 5.34.